The number of nitrogens with zero attached hydrogens (tertiary/aromatic N) is 8. The van der Waals surface area contributed by atoms with Crippen LogP contribution < -0.4 is 26.6 Å². The Morgan fingerprint density at radius 3 is 0.809 bits per heavy atom. The van der Waals surface area contributed by atoms with E-state index in [1.54, 1.807) is 83.6 Å². The number of carbonyl (C=O) groups is 12. The van der Waals surface area contributed by atoms with E-state index in [-0.39, 0.29) is 192 Å². The van der Waals surface area contributed by atoms with E-state index < -0.39 is 23.7 Å². The van der Waals surface area contributed by atoms with Crippen molar-refractivity contribution in [2.45, 2.75) is 301 Å². The maximum absolute atomic E-state index is 13.4. The molecule has 728 valence electrons. The van der Waals surface area contributed by atoms with Gasteiger partial charge in [-0.1, -0.05) is 173 Å². The minimum atomic E-state index is -0.581. The van der Waals surface area contributed by atoms with E-state index in [2.05, 4.69) is 139 Å². The molecular weight excluding hydrogens is 1790 g/mol. The maximum Gasteiger partial charge on any atom is 0.224 e. The van der Waals surface area contributed by atoms with Gasteiger partial charge in [0.05, 0.1) is 107 Å². The number of aromatic nitrogens is 4. The first-order valence-electron chi connectivity index (χ1n) is 47.8. The summed E-state index contributed by atoms with van der Waals surface area (Å²) < 4.78 is 4.33. The van der Waals surface area contributed by atoms with Gasteiger partial charge in [0, 0.05) is 121 Å². The first-order chi connectivity index (χ1) is 64.8. The molecular formula is C107H139N13O12S4. The third-order valence-corrected chi connectivity index (χ3v) is 29.3. The molecule has 4 heterocycles. The lowest BCUT2D eigenvalue weighted by molar-refractivity contribution is -0.131. The van der Waals surface area contributed by atoms with Crippen LogP contribution in [0, 0.1) is 92.7 Å². The fourth-order valence-electron chi connectivity index (χ4n) is 15.3. The zero-order valence-corrected chi connectivity index (χ0v) is 85.7. The molecule has 12 atom stereocenters. The number of amides is 5. The minimum Gasteiger partial charge on any atom is -0.359 e. The summed E-state index contributed by atoms with van der Waals surface area (Å²) in [5.74, 6) is -3.75. The number of nitriles is 4. The molecule has 29 heteroatoms. The van der Waals surface area contributed by atoms with Crippen LogP contribution in [0.2, 0.25) is 0 Å². The molecule has 4 aromatic heterocycles. The molecule has 0 bridgehead atoms. The van der Waals surface area contributed by atoms with Gasteiger partial charge in [-0.05, 0) is 159 Å². The average Bonchev–Trinajstić information content (AvgIpc) is 1.69. The van der Waals surface area contributed by atoms with Crippen LogP contribution in [0.4, 0.5) is 0 Å². The van der Waals surface area contributed by atoms with Crippen LogP contribution in [0.25, 0.3) is 40.9 Å². The first-order valence-corrected chi connectivity index (χ1v) is 51.1. The number of thiazole rings is 4. The highest BCUT2D eigenvalue weighted by Crippen LogP contribution is 2.33. The topological polar surface area (TPSA) is 412 Å². The Morgan fingerprint density at radius 1 is 0.353 bits per heavy atom. The Balaban J connectivity index is 0.000000320. The Hall–Kier alpha value is -11.6. The summed E-state index contributed by atoms with van der Waals surface area (Å²) in [6.07, 6.45) is 13.0. The van der Waals surface area contributed by atoms with Gasteiger partial charge in [-0.3, -0.25) is 52.7 Å². The van der Waals surface area contributed by atoms with Crippen molar-refractivity contribution in [2.75, 3.05) is 7.05 Å². The van der Waals surface area contributed by atoms with Gasteiger partial charge in [-0.2, -0.15) is 21.0 Å². The van der Waals surface area contributed by atoms with Crippen LogP contribution in [-0.2, 0) is 109 Å². The molecule has 0 fully saturated rings. The van der Waals surface area contributed by atoms with Crippen LogP contribution in [-0.4, -0.2) is 121 Å². The molecule has 0 radical (unpaired) electrons. The van der Waals surface area contributed by atoms with Crippen molar-refractivity contribution in [3.05, 3.63) is 164 Å². The molecule has 8 rings (SSSR count). The van der Waals surface area contributed by atoms with Crippen molar-refractivity contribution in [1.82, 2.24) is 46.5 Å². The smallest absolute Gasteiger partial charge is 0.224 e. The average molecular weight is 1930 g/mol. The predicted molar refractivity (Wildman–Crippen MR) is 545 cm³/mol. The maximum atomic E-state index is 13.4. The van der Waals surface area contributed by atoms with E-state index in [0.29, 0.717) is 64.2 Å². The van der Waals surface area contributed by atoms with E-state index >= 15 is 0 Å². The first kappa shape index (κ1) is 115. The van der Waals surface area contributed by atoms with Gasteiger partial charge in [0.25, 0.3) is 0 Å². The number of benzene rings is 4. The summed E-state index contributed by atoms with van der Waals surface area (Å²) in [5.41, 5.74) is 8.29. The van der Waals surface area contributed by atoms with E-state index in [1.807, 2.05) is 86.6 Å². The quantitative estimate of drug-likeness (QED) is 0.0175. The van der Waals surface area contributed by atoms with Gasteiger partial charge >= 0.3 is 0 Å². The molecule has 25 nitrogen and oxygen atoms in total. The largest absolute Gasteiger partial charge is 0.359 e. The van der Waals surface area contributed by atoms with E-state index in [4.69, 9.17) is 31.0 Å². The van der Waals surface area contributed by atoms with Crippen LogP contribution in [0.15, 0.2) is 121 Å². The summed E-state index contributed by atoms with van der Waals surface area (Å²) in [4.78, 5) is 169. The second-order valence-electron chi connectivity index (χ2n) is 35.2. The van der Waals surface area contributed by atoms with Crippen LogP contribution >= 0.6 is 45.3 Å². The van der Waals surface area contributed by atoms with Crippen molar-refractivity contribution in [3.63, 3.8) is 0 Å². The van der Waals surface area contributed by atoms with Gasteiger partial charge < -0.3 is 31.4 Å². The zero-order chi connectivity index (χ0) is 101. The standard InChI is InChI=1S/C28H37N3O3S.C27H35N3O3S.C26H34N4O3S.C26H33N3O3S/c1-6-9-22(32)15-21(16-27-30-24-11-10-20(8-3)14-26(24)35-27)28(34)31-23(18(4)7-2)12-13-25(33)19(5)17-29;1-6-17(4)22(11-12-24(32)18(5)16-28)30-27(33)20(14-21(31)8-3)15-26-29-23-10-9-19(7-2)13-25(23)34-26;1-6-16(3)20(10-11-22(31)17(4)15-27)30-26(33)19(13-24(32)28-5)14-25-29-21-9-8-18(7-2)12-23(21)34-25;1-6-16(3)21(10-11-23(31)17(4)15-27)29-26(32)20(12-18(5)30)14-25-28-22-9-8-19(7-2)13-24(22)33-25/h10-11,14,18,21,23H,5-9,12-13,15-16H2,1-4H3,(H,31,34);9-10,13,17,20,22H,5-8,11-12,14-15H2,1-4H3,(H,30,33);8-9,12,16,19-20H,4,6-7,10-11,13-14H2,1-3,5H3,(H,28,32)(H,30,33);8-9,13,16,20-21H,4,6-7,10-12,14H2,1-3,5H3,(H,29,32)/t18-,21-,23+;17-,20-,22+;16-,19-,20+;16-,20-,21+/m0000/s1. The molecule has 136 heavy (non-hydrogen) atoms. The number of hydrogen-bond donors (Lipinski definition) is 5. The fraction of sp³-hybridized carbons (Fsp3) is 0.514. The lowest BCUT2D eigenvalue weighted by atomic mass is 9.91. The van der Waals surface area contributed by atoms with Crippen molar-refractivity contribution < 1.29 is 57.5 Å². The fourth-order valence-corrected chi connectivity index (χ4v) is 19.7. The van der Waals surface area contributed by atoms with Crippen LogP contribution in [0.1, 0.15) is 268 Å². The number of carbonyl (C=O) groups excluding carboxylic acids is 12. The van der Waals surface area contributed by atoms with Crippen molar-refractivity contribution in [2.24, 2.45) is 47.3 Å². The predicted octanol–water partition coefficient (Wildman–Crippen LogP) is 20.2. The van der Waals surface area contributed by atoms with Gasteiger partial charge in [-0.15, -0.1) is 45.3 Å². The monoisotopic (exact) mass is 1930 g/mol. The van der Waals surface area contributed by atoms with Crippen molar-refractivity contribution in [1.29, 1.82) is 21.0 Å². The number of ketones is 7. The van der Waals surface area contributed by atoms with E-state index in [9.17, 15) is 57.5 Å². The lowest BCUT2D eigenvalue weighted by Crippen LogP contribution is -2.44. The molecule has 0 aliphatic carbocycles. The van der Waals surface area contributed by atoms with Crippen molar-refractivity contribution in [3.8, 4) is 24.3 Å². The number of rotatable bonds is 55. The Kier molecular flexibility index (Phi) is 50.2. The molecule has 4 aromatic carbocycles. The highest BCUT2D eigenvalue weighted by molar-refractivity contribution is 7.19. The lowest BCUT2D eigenvalue weighted by Gasteiger charge is -2.26. The van der Waals surface area contributed by atoms with Gasteiger partial charge in [-0.25, -0.2) is 19.9 Å². The summed E-state index contributed by atoms with van der Waals surface area (Å²) in [6.45, 7) is 43.8. The molecule has 5 amide bonds. The normalized spacial score (nSPS) is 13.6. The highest BCUT2D eigenvalue weighted by atomic mass is 32.1. The SMILES string of the molecule is C=C(C#N)C(=O)CC[C@@H](NC(=O)[C@@H](CC(=O)CC)Cc1nc2ccc(CC)cc2s1)[C@@H](C)CC.C=C(C#N)C(=O)CC[C@@H](NC(=O)[C@@H](CC(=O)CCC)Cc1nc2ccc(CC)cc2s1)[C@@H](C)CC.C=C(C#N)C(=O)CC[C@@H](NC(=O)[C@@H](CC(=O)NC)Cc1nc2ccc(CC)cc2s1)[C@@H](C)CC.C=C(C#N)C(=O)CC[C@@H](NC(=O)[C@@H](CC(C)=O)Cc1nc2ccc(CC)cc2s1)[C@@H](C)CC. The van der Waals surface area contributed by atoms with Gasteiger partial charge in [0.15, 0.2) is 23.1 Å². The second-order valence-corrected chi connectivity index (χ2v) is 39.7. The number of allylic oxidation sites excluding steroid dienone is 4. The van der Waals surface area contributed by atoms with Gasteiger partial charge in [0.2, 0.25) is 29.5 Å². The molecule has 0 spiro atoms. The molecule has 0 saturated heterocycles. The molecule has 5 N–H and O–H groups in total. The third kappa shape index (κ3) is 37.5. The molecule has 8 aromatic rings. The highest BCUT2D eigenvalue weighted by Gasteiger charge is 2.34. The van der Waals surface area contributed by atoms with E-state index in [1.165, 1.54) is 29.2 Å². The molecule has 0 aliphatic heterocycles. The Labute approximate surface area is 819 Å². The third-order valence-electron chi connectivity index (χ3n) is 25.2. The number of Topliss-reactive ketones (excluding diaryl/α,β-unsaturated/α-hetero) is 7. The summed E-state index contributed by atoms with van der Waals surface area (Å²) >= 11 is 6.26. The summed E-state index contributed by atoms with van der Waals surface area (Å²) in [5, 5.41) is 53.9. The van der Waals surface area contributed by atoms with Crippen molar-refractivity contribution >= 4 is 156 Å². The molecule has 0 aliphatic rings. The second kappa shape index (κ2) is 59.4. The number of aryl methyl sites for hydroxylation is 4. The Bertz CT molecular complexity index is 5540. The van der Waals surface area contributed by atoms with Gasteiger partial charge in [0.1, 0.15) is 41.6 Å². The van der Waals surface area contributed by atoms with Crippen LogP contribution in [0.5, 0.6) is 0 Å². The summed E-state index contributed by atoms with van der Waals surface area (Å²) in [7, 11) is 1.55. The number of fused-ring (bicyclic) bond motifs is 4. The summed E-state index contributed by atoms with van der Waals surface area (Å²) in [6, 6.07) is 31.0. The number of nitrogens with one attached hydrogen (secondary N) is 5. The Morgan fingerprint density at radius 2 is 0.596 bits per heavy atom. The van der Waals surface area contributed by atoms with E-state index in [0.717, 1.165) is 119 Å². The number of hydrogen-bond acceptors (Lipinski definition) is 24. The zero-order valence-electron chi connectivity index (χ0n) is 82.4. The minimum absolute atomic E-state index is 0.0371. The van der Waals surface area contributed by atoms with Crippen LogP contribution in [0.3, 0.4) is 0 Å². The molecule has 0 saturated carbocycles. The molecule has 0 unspecified atom stereocenters.